The van der Waals surface area contributed by atoms with Crippen LogP contribution >= 0.6 is 0 Å². The molecule has 10 aromatic rings. The van der Waals surface area contributed by atoms with Gasteiger partial charge < -0.3 is 9.32 Å². The number of hydrogen-bond donors (Lipinski definition) is 0. The van der Waals surface area contributed by atoms with E-state index in [1.54, 1.807) is 0 Å². The molecule has 10 rings (SSSR count). The van der Waals surface area contributed by atoms with E-state index < -0.39 is 0 Å². The fourth-order valence-electron chi connectivity index (χ4n) is 7.62. The first kappa shape index (κ1) is 30.0. The van der Waals surface area contributed by atoms with E-state index in [2.05, 4.69) is 193 Å². The van der Waals surface area contributed by atoms with Gasteiger partial charge >= 0.3 is 0 Å². The van der Waals surface area contributed by atoms with Crippen LogP contribution in [0.2, 0.25) is 0 Å². The van der Waals surface area contributed by atoms with Gasteiger partial charge in [-0.3, -0.25) is 0 Å². The van der Waals surface area contributed by atoms with Crippen LogP contribution in [0, 0.1) is 0 Å². The summed E-state index contributed by atoms with van der Waals surface area (Å²) in [5.41, 5.74) is 12.2. The summed E-state index contributed by atoms with van der Waals surface area (Å²) in [6.45, 7) is 0. The molecule has 0 aliphatic carbocycles. The highest BCUT2D eigenvalue weighted by atomic mass is 16.3. The quantitative estimate of drug-likeness (QED) is 0.176. The first-order chi connectivity index (χ1) is 25.8. The summed E-state index contributed by atoms with van der Waals surface area (Å²) in [6, 6.07) is 71.8. The number of fused-ring (bicyclic) bond motifs is 6. The summed E-state index contributed by atoms with van der Waals surface area (Å²) in [6.07, 6.45) is 0. The highest BCUT2D eigenvalue weighted by Gasteiger charge is 2.18. The minimum Gasteiger partial charge on any atom is -0.455 e. The number of nitrogens with zero attached hydrogens (tertiary/aromatic N) is 1. The average Bonchev–Trinajstić information content (AvgIpc) is 3.61. The van der Waals surface area contributed by atoms with Crippen LogP contribution in [0.25, 0.3) is 76.9 Å². The number of para-hydroxylation sites is 2. The van der Waals surface area contributed by atoms with Gasteiger partial charge in [-0.25, -0.2) is 0 Å². The SMILES string of the molecule is c1ccc(-c2ccc(N(c3ccc(-c4ccc5ccc6c7ccccc7oc6c5c4)cc3)c3ccccc3-c3ccc4ccccc4c3)cc2)cc1. The Morgan fingerprint density at radius 3 is 1.71 bits per heavy atom. The van der Waals surface area contributed by atoms with Crippen LogP contribution in [0.5, 0.6) is 0 Å². The van der Waals surface area contributed by atoms with Crippen molar-refractivity contribution in [3.63, 3.8) is 0 Å². The molecule has 1 aromatic heterocycles. The molecule has 1 heterocycles. The summed E-state index contributed by atoms with van der Waals surface area (Å²) in [5.74, 6) is 0. The normalized spacial score (nSPS) is 11.5. The van der Waals surface area contributed by atoms with E-state index >= 15 is 0 Å². The molecule has 2 nitrogen and oxygen atoms in total. The van der Waals surface area contributed by atoms with Crippen molar-refractivity contribution in [3.05, 3.63) is 200 Å². The molecule has 0 atom stereocenters. The minimum absolute atomic E-state index is 0.917. The van der Waals surface area contributed by atoms with E-state index in [-0.39, 0.29) is 0 Å². The van der Waals surface area contributed by atoms with Gasteiger partial charge in [0.2, 0.25) is 0 Å². The van der Waals surface area contributed by atoms with E-state index in [9.17, 15) is 0 Å². The van der Waals surface area contributed by atoms with Crippen LogP contribution < -0.4 is 4.90 Å². The Hall–Kier alpha value is -6.90. The Bertz CT molecular complexity index is 2890. The second-order valence-electron chi connectivity index (χ2n) is 13.4. The number of hydrogen-bond acceptors (Lipinski definition) is 2. The molecule has 0 spiro atoms. The zero-order chi connectivity index (χ0) is 34.4. The molecule has 0 aliphatic heterocycles. The predicted molar refractivity (Wildman–Crippen MR) is 220 cm³/mol. The Kier molecular flexibility index (Phi) is 7.18. The maximum atomic E-state index is 6.41. The smallest absolute Gasteiger partial charge is 0.143 e. The Labute approximate surface area is 302 Å². The third kappa shape index (κ3) is 5.21. The van der Waals surface area contributed by atoms with Gasteiger partial charge in [0.05, 0.1) is 5.69 Å². The van der Waals surface area contributed by atoms with Crippen molar-refractivity contribution < 1.29 is 4.42 Å². The zero-order valence-electron chi connectivity index (χ0n) is 28.4. The maximum absolute atomic E-state index is 6.41. The van der Waals surface area contributed by atoms with Crippen molar-refractivity contribution in [2.75, 3.05) is 4.90 Å². The number of anilines is 3. The molecule has 0 saturated carbocycles. The standard InChI is InChI=1S/C50H33NO/c1-2-10-34(11-3-1)36-22-27-42(28-23-36)51(48-16-8-6-14-44(48)41-21-18-35-12-4-5-13-39(35)32-41)43-29-24-37(25-30-43)40-20-19-38-26-31-46-45-15-7-9-17-49(45)52-50(46)47(38)33-40/h1-33H. The van der Waals surface area contributed by atoms with Gasteiger partial charge in [0.25, 0.3) is 0 Å². The van der Waals surface area contributed by atoms with Gasteiger partial charge in [-0.05, 0) is 98.6 Å². The summed E-state index contributed by atoms with van der Waals surface area (Å²) in [5, 5.41) is 7.06. The van der Waals surface area contributed by atoms with Crippen molar-refractivity contribution in [1.82, 2.24) is 0 Å². The lowest BCUT2D eigenvalue weighted by Crippen LogP contribution is -2.11. The highest BCUT2D eigenvalue weighted by Crippen LogP contribution is 2.43. The molecule has 0 bridgehead atoms. The first-order valence-corrected chi connectivity index (χ1v) is 17.8. The molecule has 0 radical (unpaired) electrons. The van der Waals surface area contributed by atoms with Crippen molar-refractivity contribution >= 4 is 60.5 Å². The fourth-order valence-corrected chi connectivity index (χ4v) is 7.62. The second kappa shape index (κ2) is 12.5. The van der Waals surface area contributed by atoms with Gasteiger partial charge in [-0.2, -0.15) is 0 Å². The molecule has 52 heavy (non-hydrogen) atoms. The Morgan fingerprint density at radius 1 is 0.327 bits per heavy atom. The van der Waals surface area contributed by atoms with Gasteiger partial charge in [-0.1, -0.05) is 146 Å². The summed E-state index contributed by atoms with van der Waals surface area (Å²) < 4.78 is 6.41. The minimum atomic E-state index is 0.917. The van der Waals surface area contributed by atoms with E-state index in [1.165, 1.54) is 38.4 Å². The van der Waals surface area contributed by atoms with Crippen molar-refractivity contribution in [2.45, 2.75) is 0 Å². The van der Waals surface area contributed by atoms with Gasteiger partial charge in [0.1, 0.15) is 11.2 Å². The van der Waals surface area contributed by atoms with Crippen LogP contribution in [0.15, 0.2) is 205 Å². The van der Waals surface area contributed by atoms with Crippen molar-refractivity contribution in [1.29, 1.82) is 0 Å². The summed E-state index contributed by atoms with van der Waals surface area (Å²) in [4.78, 5) is 2.38. The van der Waals surface area contributed by atoms with E-state index in [4.69, 9.17) is 4.42 Å². The molecular weight excluding hydrogens is 631 g/mol. The van der Waals surface area contributed by atoms with Gasteiger partial charge in [0.15, 0.2) is 0 Å². The predicted octanol–water partition coefficient (Wildman–Crippen LogP) is 14.4. The molecule has 0 unspecified atom stereocenters. The molecule has 0 N–H and O–H groups in total. The zero-order valence-corrected chi connectivity index (χ0v) is 28.4. The molecule has 244 valence electrons. The third-order valence-corrected chi connectivity index (χ3v) is 10.3. The molecule has 2 heteroatoms. The van der Waals surface area contributed by atoms with Crippen molar-refractivity contribution in [2.24, 2.45) is 0 Å². The molecule has 0 fully saturated rings. The summed E-state index contributed by atoms with van der Waals surface area (Å²) >= 11 is 0. The van der Waals surface area contributed by atoms with Gasteiger partial charge in [-0.15, -0.1) is 0 Å². The monoisotopic (exact) mass is 663 g/mol. The third-order valence-electron chi connectivity index (χ3n) is 10.3. The van der Waals surface area contributed by atoms with Crippen LogP contribution in [-0.4, -0.2) is 0 Å². The largest absolute Gasteiger partial charge is 0.455 e. The Balaban J connectivity index is 1.09. The molecule has 9 aromatic carbocycles. The lowest BCUT2D eigenvalue weighted by atomic mass is 9.97. The topological polar surface area (TPSA) is 16.4 Å². The molecule has 0 amide bonds. The highest BCUT2D eigenvalue weighted by molar-refractivity contribution is 6.15. The lowest BCUT2D eigenvalue weighted by molar-refractivity contribution is 0.672. The fraction of sp³-hybridized carbons (Fsp3) is 0. The van der Waals surface area contributed by atoms with E-state index in [1.807, 2.05) is 12.1 Å². The van der Waals surface area contributed by atoms with Crippen LogP contribution in [0.4, 0.5) is 17.1 Å². The molecular formula is C50H33NO. The second-order valence-corrected chi connectivity index (χ2v) is 13.4. The van der Waals surface area contributed by atoms with Crippen LogP contribution in [0.3, 0.4) is 0 Å². The van der Waals surface area contributed by atoms with Crippen LogP contribution in [-0.2, 0) is 0 Å². The number of rotatable bonds is 6. The summed E-state index contributed by atoms with van der Waals surface area (Å²) in [7, 11) is 0. The van der Waals surface area contributed by atoms with Gasteiger partial charge in [0, 0.05) is 33.1 Å². The molecule has 0 aliphatic rings. The van der Waals surface area contributed by atoms with E-state index in [0.29, 0.717) is 0 Å². The van der Waals surface area contributed by atoms with Crippen molar-refractivity contribution in [3.8, 4) is 33.4 Å². The Morgan fingerprint density at radius 2 is 0.904 bits per heavy atom. The lowest BCUT2D eigenvalue weighted by Gasteiger charge is -2.28. The maximum Gasteiger partial charge on any atom is 0.143 e. The number of benzene rings is 9. The average molecular weight is 664 g/mol. The molecule has 0 saturated heterocycles. The first-order valence-electron chi connectivity index (χ1n) is 17.8. The number of furan rings is 1. The van der Waals surface area contributed by atoms with Crippen LogP contribution in [0.1, 0.15) is 0 Å². The van der Waals surface area contributed by atoms with E-state index in [0.717, 1.165) is 55.5 Å².